The van der Waals surface area contributed by atoms with E-state index in [4.69, 9.17) is 14.3 Å². The van der Waals surface area contributed by atoms with E-state index in [1.165, 1.54) is 19.3 Å². The Bertz CT molecular complexity index is 1010. The van der Waals surface area contributed by atoms with Crippen molar-refractivity contribution in [2.75, 3.05) is 7.11 Å². The minimum Gasteiger partial charge on any atom is -0.493 e. The van der Waals surface area contributed by atoms with Crippen LogP contribution < -0.4 is 9.47 Å². The first kappa shape index (κ1) is 21.5. The molecule has 0 unspecified atom stereocenters. The smallest absolute Gasteiger partial charge is 0.356 e. The lowest BCUT2D eigenvalue weighted by Crippen LogP contribution is -2.31. The summed E-state index contributed by atoms with van der Waals surface area (Å²) in [5, 5.41) is 0.475. The standard InChI is InChI=1S/C21H17BrFNO6/c1-28-17-11-13(6-9-20(27)30-24-18(25)7-8-19(24)26)10-15(22)21(17)29-12-14-4-2-3-5-16(14)23/h2-6,9-11H,7-8,12H2,1H3/b9-6+. The molecule has 1 heterocycles. The second kappa shape index (κ2) is 9.53. The molecular weight excluding hydrogens is 461 g/mol. The average Bonchev–Trinajstić information content (AvgIpc) is 3.04. The Morgan fingerprint density at radius 1 is 1.20 bits per heavy atom. The molecule has 2 aromatic carbocycles. The first-order valence-corrected chi connectivity index (χ1v) is 9.68. The van der Waals surface area contributed by atoms with Gasteiger partial charge in [0.05, 0.1) is 11.6 Å². The van der Waals surface area contributed by atoms with Gasteiger partial charge >= 0.3 is 5.97 Å². The van der Waals surface area contributed by atoms with E-state index in [-0.39, 0.29) is 25.3 Å². The number of methoxy groups -OCH3 is 1. The zero-order valence-corrected chi connectivity index (χ0v) is 17.5. The second-order valence-corrected chi connectivity index (χ2v) is 7.09. The number of hydroxylamine groups is 2. The van der Waals surface area contributed by atoms with Crippen molar-refractivity contribution in [2.24, 2.45) is 0 Å². The van der Waals surface area contributed by atoms with Crippen molar-refractivity contribution in [1.82, 2.24) is 5.06 Å². The Morgan fingerprint density at radius 2 is 1.90 bits per heavy atom. The van der Waals surface area contributed by atoms with Crippen LogP contribution in [0.1, 0.15) is 24.0 Å². The summed E-state index contributed by atoms with van der Waals surface area (Å²) in [5.74, 6) is -1.62. The third-order valence-corrected chi connectivity index (χ3v) is 4.77. The molecule has 9 heteroatoms. The van der Waals surface area contributed by atoms with Gasteiger partial charge in [0.1, 0.15) is 12.4 Å². The highest BCUT2D eigenvalue weighted by atomic mass is 79.9. The summed E-state index contributed by atoms with van der Waals surface area (Å²) in [5.41, 5.74) is 0.956. The summed E-state index contributed by atoms with van der Waals surface area (Å²) in [6, 6.07) is 9.54. The quantitative estimate of drug-likeness (QED) is 0.445. The van der Waals surface area contributed by atoms with Crippen molar-refractivity contribution in [3.63, 3.8) is 0 Å². The molecule has 30 heavy (non-hydrogen) atoms. The van der Waals surface area contributed by atoms with Crippen molar-refractivity contribution in [3.05, 3.63) is 63.9 Å². The number of ether oxygens (including phenoxy) is 2. The van der Waals surface area contributed by atoms with Crippen LogP contribution in [0.25, 0.3) is 6.08 Å². The molecule has 0 aromatic heterocycles. The van der Waals surface area contributed by atoms with Gasteiger partial charge in [0, 0.05) is 24.5 Å². The molecule has 2 aromatic rings. The van der Waals surface area contributed by atoms with Crippen LogP contribution in [-0.2, 0) is 25.8 Å². The van der Waals surface area contributed by atoms with Crippen molar-refractivity contribution < 1.29 is 33.1 Å². The number of hydrogen-bond donors (Lipinski definition) is 0. The molecule has 0 atom stereocenters. The molecule has 0 aliphatic carbocycles. The summed E-state index contributed by atoms with van der Waals surface area (Å²) < 4.78 is 25.4. The van der Waals surface area contributed by atoms with Crippen LogP contribution in [0, 0.1) is 5.82 Å². The molecule has 3 rings (SSSR count). The SMILES string of the molecule is COc1cc(/C=C/C(=O)ON2C(=O)CCC2=O)cc(Br)c1OCc1ccccc1F. The van der Waals surface area contributed by atoms with Gasteiger partial charge in [-0.3, -0.25) is 9.59 Å². The van der Waals surface area contributed by atoms with Crippen molar-refractivity contribution in [2.45, 2.75) is 19.4 Å². The van der Waals surface area contributed by atoms with Gasteiger partial charge in [0.25, 0.3) is 11.8 Å². The summed E-state index contributed by atoms with van der Waals surface area (Å²) in [6.45, 7) is 0.00103. The third-order valence-electron chi connectivity index (χ3n) is 4.18. The Morgan fingerprint density at radius 3 is 2.57 bits per heavy atom. The lowest BCUT2D eigenvalue weighted by Gasteiger charge is -2.14. The minimum absolute atomic E-state index is 0.00103. The molecule has 156 valence electrons. The van der Waals surface area contributed by atoms with Gasteiger partial charge in [0.2, 0.25) is 0 Å². The summed E-state index contributed by atoms with van der Waals surface area (Å²) in [7, 11) is 1.45. The van der Waals surface area contributed by atoms with E-state index in [1.54, 1.807) is 30.3 Å². The van der Waals surface area contributed by atoms with E-state index in [0.29, 0.717) is 32.2 Å². The number of benzene rings is 2. The fourth-order valence-corrected chi connectivity index (χ4v) is 3.26. The number of rotatable bonds is 7. The Hall–Kier alpha value is -3.20. The molecule has 0 bridgehead atoms. The number of hydrogen-bond acceptors (Lipinski definition) is 6. The fourth-order valence-electron chi connectivity index (χ4n) is 2.68. The van der Waals surface area contributed by atoms with Crippen LogP contribution in [0.4, 0.5) is 4.39 Å². The molecule has 1 aliphatic rings. The lowest BCUT2D eigenvalue weighted by molar-refractivity contribution is -0.193. The zero-order chi connectivity index (χ0) is 21.7. The molecule has 0 spiro atoms. The molecular formula is C21H17BrFNO6. The van der Waals surface area contributed by atoms with Gasteiger partial charge < -0.3 is 14.3 Å². The van der Waals surface area contributed by atoms with Crippen LogP contribution in [0.5, 0.6) is 11.5 Å². The van der Waals surface area contributed by atoms with Gasteiger partial charge in [0.15, 0.2) is 11.5 Å². The maximum absolute atomic E-state index is 13.8. The van der Waals surface area contributed by atoms with Crippen molar-refractivity contribution in [1.29, 1.82) is 0 Å². The molecule has 0 N–H and O–H groups in total. The predicted molar refractivity (Wildman–Crippen MR) is 108 cm³/mol. The highest BCUT2D eigenvalue weighted by Crippen LogP contribution is 2.37. The fraction of sp³-hybridized carbons (Fsp3) is 0.190. The van der Waals surface area contributed by atoms with Crippen LogP contribution in [0.3, 0.4) is 0 Å². The summed E-state index contributed by atoms with van der Waals surface area (Å²) >= 11 is 3.38. The van der Waals surface area contributed by atoms with Crippen LogP contribution >= 0.6 is 15.9 Å². The maximum atomic E-state index is 13.8. The molecule has 7 nitrogen and oxygen atoms in total. The first-order valence-electron chi connectivity index (χ1n) is 8.88. The van der Waals surface area contributed by atoms with Crippen molar-refractivity contribution in [3.8, 4) is 11.5 Å². The largest absolute Gasteiger partial charge is 0.493 e. The lowest BCUT2D eigenvalue weighted by atomic mass is 10.2. The topological polar surface area (TPSA) is 82.1 Å². The number of nitrogens with zero attached hydrogens (tertiary/aromatic N) is 1. The van der Waals surface area contributed by atoms with E-state index in [2.05, 4.69) is 15.9 Å². The number of carbonyl (C=O) groups excluding carboxylic acids is 3. The molecule has 1 aliphatic heterocycles. The van der Waals surface area contributed by atoms with Gasteiger partial charge in [-0.1, -0.05) is 18.2 Å². The maximum Gasteiger partial charge on any atom is 0.356 e. The molecule has 1 saturated heterocycles. The van der Waals surface area contributed by atoms with Crippen LogP contribution in [0.15, 0.2) is 46.9 Å². The predicted octanol–water partition coefficient (Wildman–Crippen LogP) is 3.80. The first-order chi connectivity index (χ1) is 14.4. The van der Waals surface area contributed by atoms with Crippen LogP contribution in [-0.4, -0.2) is 30.0 Å². The zero-order valence-electron chi connectivity index (χ0n) is 15.9. The van der Waals surface area contributed by atoms with Gasteiger partial charge in [-0.15, -0.1) is 5.06 Å². The average molecular weight is 478 g/mol. The van der Waals surface area contributed by atoms with E-state index < -0.39 is 17.8 Å². The van der Waals surface area contributed by atoms with E-state index in [9.17, 15) is 18.8 Å². The highest BCUT2D eigenvalue weighted by molar-refractivity contribution is 9.10. The monoisotopic (exact) mass is 477 g/mol. The number of carbonyl (C=O) groups is 3. The minimum atomic E-state index is -0.867. The van der Waals surface area contributed by atoms with Crippen LogP contribution in [0.2, 0.25) is 0 Å². The van der Waals surface area contributed by atoms with Crippen molar-refractivity contribution >= 4 is 39.8 Å². The normalized spacial score (nSPS) is 13.8. The molecule has 1 fully saturated rings. The molecule has 0 saturated carbocycles. The van der Waals surface area contributed by atoms with Gasteiger partial charge in [-0.25, -0.2) is 9.18 Å². The number of amides is 2. The third kappa shape index (κ3) is 5.04. The summed E-state index contributed by atoms with van der Waals surface area (Å²) in [6.07, 6.45) is 2.56. The Kier molecular flexibility index (Phi) is 6.83. The second-order valence-electron chi connectivity index (χ2n) is 6.24. The van der Waals surface area contributed by atoms with E-state index in [1.807, 2.05) is 0 Å². The van der Waals surface area contributed by atoms with Gasteiger partial charge in [-0.05, 0) is 45.8 Å². The highest BCUT2D eigenvalue weighted by Gasteiger charge is 2.32. The summed E-state index contributed by atoms with van der Waals surface area (Å²) in [4.78, 5) is 39.7. The Balaban J connectivity index is 1.70. The number of imide groups is 1. The van der Waals surface area contributed by atoms with Gasteiger partial charge in [-0.2, -0.15) is 0 Å². The Labute approximate surface area is 180 Å². The number of halogens is 2. The van der Waals surface area contributed by atoms with E-state index >= 15 is 0 Å². The van der Waals surface area contributed by atoms with E-state index in [0.717, 1.165) is 6.08 Å². The molecule has 2 amide bonds. The molecule has 0 radical (unpaired) electrons.